The Morgan fingerprint density at radius 1 is 1.06 bits per heavy atom. The molecule has 1 amide bonds. The molecule has 12 heteroatoms. The van der Waals surface area contributed by atoms with Crippen LogP contribution in [0.3, 0.4) is 0 Å². The van der Waals surface area contributed by atoms with E-state index in [1.165, 1.54) is 38.1 Å². The second kappa shape index (κ2) is 10.7. The number of alkyl halides is 3. The molecule has 0 N–H and O–H groups in total. The number of carbonyl (C=O) groups excluding carboxylic acids is 2. The summed E-state index contributed by atoms with van der Waals surface area (Å²) < 4.78 is 54.4. The highest BCUT2D eigenvalue weighted by molar-refractivity contribution is 5.98. The smallest absolute Gasteiger partial charge is 0.419 e. The van der Waals surface area contributed by atoms with E-state index in [4.69, 9.17) is 14.2 Å². The number of carbonyl (C=O) groups is 2. The number of anilines is 2. The van der Waals surface area contributed by atoms with E-state index in [0.29, 0.717) is 12.1 Å². The molecule has 0 heterocycles. The highest BCUT2D eigenvalue weighted by atomic mass is 19.4. The van der Waals surface area contributed by atoms with Gasteiger partial charge >= 0.3 is 18.2 Å². The third-order valence-electron chi connectivity index (χ3n) is 4.22. The molecule has 1 atom stereocenters. The summed E-state index contributed by atoms with van der Waals surface area (Å²) in [5, 5.41) is 11.5. The average Bonchev–Trinajstić information content (AvgIpc) is 2.74. The Bertz CT molecular complexity index is 1010. The third kappa shape index (κ3) is 6.34. The number of halogens is 3. The first kappa shape index (κ1) is 25.4. The first-order valence-corrected chi connectivity index (χ1v) is 9.75. The van der Waals surface area contributed by atoms with Gasteiger partial charge < -0.3 is 14.2 Å². The van der Waals surface area contributed by atoms with Crippen LogP contribution in [0.2, 0.25) is 0 Å². The van der Waals surface area contributed by atoms with E-state index in [1.54, 1.807) is 6.92 Å². The molecule has 2 aromatic carbocycles. The second-order valence-electron chi connectivity index (χ2n) is 6.50. The maximum Gasteiger partial charge on any atom is 0.419 e. The molecule has 0 spiro atoms. The standard InChI is InChI=1S/C21H21F3N2O7/c1-4-31-19(27)13(3)33-16-9-7-15(8-10-16)25(20(28)32-5-2)17-11-6-14(21(22,23)24)12-18(17)26(29)30/h6-13H,4-5H2,1-3H3. The molecule has 0 aliphatic carbocycles. The maximum atomic E-state index is 13.0. The van der Waals surface area contributed by atoms with Gasteiger partial charge in [-0.25, -0.2) is 14.5 Å². The molecule has 1 unspecified atom stereocenters. The lowest BCUT2D eigenvalue weighted by Gasteiger charge is -2.23. The van der Waals surface area contributed by atoms with Crippen LogP contribution in [0.5, 0.6) is 5.75 Å². The van der Waals surface area contributed by atoms with Crippen LogP contribution in [0.15, 0.2) is 42.5 Å². The summed E-state index contributed by atoms with van der Waals surface area (Å²) in [6, 6.07) is 7.25. The molecule has 0 saturated heterocycles. The SMILES string of the molecule is CCOC(=O)C(C)Oc1ccc(N(C(=O)OCC)c2ccc(C(F)(F)F)cc2[N+](=O)[O-])cc1. The van der Waals surface area contributed by atoms with Gasteiger partial charge in [-0.05, 0) is 57.2 Å². The summed E-state index contributed by atoms with van der Waals surface area (Å²) >= 11 is 0. The third-order valence-corrected chi connectivity index (χ3v) is 4.22. The van der Waals surface area contributed by atoms with Crippen LogP contribution in [0.1, 0.15) is 26.3 Å². The monoisotopic (exact) mass is 470 g/mol. The van der Waals surface area contributed by atoms with Crippen molar-refractivity contribution in [2.45, 2.75) is 33.1 Å². The Morgan fingerprint density at radius 2 is 1.67 bits per heavy atom. The van der Waals surface area contributed by atoms with Gasteiger partial charge in [-0.3, -0.25) is 10.1 Å². The predicted octanol–water partition coefficient (Wildman–Crippen LogP) is 5.24. The van der Waals surface area contributed by atoms with E-state index in [0.717, 1.165) is 11.0 Å². The van der Waals surface area contributed by atoms with Gasteiger partial charge in [0.1, 0.15) is 11.4 Å². The highest BCUT2D eigenvalue weighted by Crippen LogP contribution is 2.39. The lowest BCUT2D eigenvalue weighted by molar-refractivity contribution is -0.384. The fourth-order valence-electron chi connectivity index (χ4n) is 2.75. The lowest BCUT2D eigenvalue weighted by atomic mass is 10.1. The minimum absolute atomic E-state index is 0.0625. The number of amides is 1. The molecule has 2 aromatic rings. The number of ether oxygens (including phenoxy) is 3. The van der Waals surface area contributed by atoms with Gasteiger partial charge in [0, 0.05) is 6.07 Å². The predicted molar refractivity (Wildman–Crippen MR) is 110 cm³/mol. The molecular weight excluding hydrogens is 449 g/mol. The van der Waals surface area contributed by atoms with Crippen LogP contribution in [0.25, 0.3) is 0 Å². The number of nitrogens with zero attached hydrogens (tertiary/aromatic N) is 2. The molecule has 0 radical (unpaired) electrons. The van der Waals surface area contributed by atoms with Crippen molar-refractivity contribution in [2.75, 3.05) is 18.1 Å². The number of hydrogen-bond acceptors (Lipinski definition) is 7. The van der Waals surface area contributed by atoms with Crippen molar-refractivity contribution >= 4 is 29.1 Å². The van der Waals surface area contributed by atoms with Crippen molar-refractivity contribution in [3.63, 3.8) is 0 Å². The van der Waals surface area contributed by atoms with Crippen LogP contribution in [0, 0.1) is 10.1 Å². The Balaban J connectivity index is 2.47. The zero-order valence-electron chi connectivity index (χ0n) is 17.9. The van der Waals surface area contributed by atoms with Crippen LogP contribution in [-0.4, -0.2) is 36.3 Å². The van der Waals surface area contributed by atoms with Gasteiger partial charge in [0.15, 0.2) is 6.10 Å². The zero-order valence-corrected chi connectivity index (χ0v) is 17.9. The molecule has 178 valence electrons. The summed E-state index contributed by atoms with van der Waals surface area (Å²) in [5.41, 5.74) is -2.53. The van der Waals surface area contributed by atoms with Gasteiger partial charge in [-0.15, -0.1) is 0 Å². The van der Waals surface area contributed by atoms with Crippen molar-refractivity contribution in [3.8, 4) is 5.75 Å². The molecule has 33 heavy (non-hydrogen) atoms. The lowest BCUT2D eigenvalue weighted by Crippen LogP contribution is -2.28. The van der Waals surface area contributed by atoms with Crippen molar-refractivity contribution in [2.24, 2.45) is 0 Å². The van der Waals surface area contributed by atoms with Crippen molar-refractivity contribution in [1.82, 2.24) is 0 Å². The quantitative estimate of drug-likeness (QED) is 0.295. The minimum atomic E-state index is -4.81. The topological polar surface area (TPSA) is 108 Å². The van der Waals surface area contributed by atoms with Gasteiger partial charge in [0.25, 0.3) is 5.69 Å². The summed E-state index contributed by atoms with van der Waals surface area (Å²) in [6.45, 7) is 4.71. The van der Waals surface area contributed by atoms with Gasteiger partial charge in [0.2, 0.25) is 0 Å². The van der Waals surface area contributed by atoms with Crippen LogP contribution in [0.4, 0.5) is 35.0 Å². The van der Waals surface area contributed by atoms with E-state index in [1.807, 2.05) is 0 Å². The number of nitro groups is 1. The zero-order chi connectivity index (χ0) is 24.8. The number of benzene rings is 2. The molecule has 0 aromatic heterocycles. The maximum absolute atomic E-state index is 13.0. The molecule has 0 aliphatic heterocycles. The van der Waals surface area contributed by atoms with Crippen molar-refractivity contribution < 1.29 is 41.9 Å². The Labute approximate surface area is 186 Å². The summed E-state index contributed by atoms with van der Waals surface area (Å²) in [5.74, 6) is -0.361. The van der Waals surface area contributed by atoms with E-state index in [9.17, 15) is 32.9 Å². The average molecular weight is 470 g/mol. The van der Waals surface area contributed by atoms with Crippen LogP contribution >= 0.6 is 0 Å². The molecular formula is C21H21F3N2O7. The molecule has 0 bridgehead atoms. The first-order chi connectivity index (χ1) is 15.5. The van der Waals surface area contributed by atoms with E-state index in [2.05, 4.69) is 0 Å². The molecule has 9 nitrogen and oxygen atoms in total. The van der Waals surface area contributed by atoms with E-state index in [-0.39, 0.29) is 24.7 Å². The Morgan fingerprint density at radius 3 is 2.18 bits per heavy atom. The molecule has 0 saturated carbocycles. The fraction of sp³-hybridized carbons (Fsp3) is 0.333. The number of nitro benzene ring substituents is 1. The van der Waals surface area contributed by atoms with Crippen molar-refractivity contribution in [1.29, 1.82) is 0 Å². The van der Waals surface area contributed by atoms with Gasteiger partial charge in [-0.2, -0.15) is 13.2 Å². The summed E-state index contributed by atoms with van der Waals surface area (Å²) in [6.07, 6.45) is -6.77. The van der Waals surface area contributed by atoms with Gasteiger partial charge in [0.05, 0.1) is 29.4 Å². The Hall–Kier alpha value is -3.83. The minimum Gasteiger partial charge on any atom is -0.479 e. The van der Waals surface area contributed by atoms with Crippen LogP contribution < -0.4 is 9.64 Å². The number of rotatable bonds is 8. The van der Waals surface area contributed by atoms with Gasteiger partial charge in [-0.1, -0.05) is 0 Å². The first-order valence-electron chi connectivity index (χ1n) is 9.75. The molecule has 2 rings (SSSR count). The second-order valence-corrected chi connectivity index (χ2v) is 6.50. The molecule has 0 aliphatic rings. The van der Waals surface area contributed by atoms with Crippen LogP contribution in [-0.2, 0) is 20.4 Å². The number of esters is 1. The van der Waals surface area contributed by atoms with Crippen molar-refractivity contribution in [3.05, 3.63) is 58.1 Å². The van der Waals surface area contributed by atoms with E-state index >= 15 is 0 Å². The fourth-order valence-corrected chi connectivity index (χ4v) is 2.75. The normalized spacial score (nSPS) is 11.9. The Kier molecular flexibility index (Phi) is 8.21. The van der Waals surface area contributed by atoms with E-state index < -0.39 is 46.2 Å². The summed E-state index contributed by atoms with van der Waals surface area (Å²) in [4.78, 5) is 35.6. The molecule has 0 fully saturated rings. The number of hydrogen-bond donors (Lipinski definition) is 0. The highest BCUT2D eigenvalue weighted by Gasteiger charge is 2.35. The summed E-state index contributed by atoms with van der Waals surface area (Å²) in [7, 11) is 0. The largest absolute Gasteiger partial charge is 0.479 e.